The second-order valence-corrected chi connectivity index (χ2v) is 31.8. The SMILES string of the molecule is CC(C)Cc1cc(-c2[c-]cccc2)nc[c]1[Ge]([CH3])([CH3])[CH3].Cc1cc2nc(-c3[c-]ccc4c3oc3nc(C(C)C(C)(C)C)ccc34)n(-c3c(C(C)C)c4ccccc4c4ccccc34)c2c(C)n1.[Ir]. The van der Waals surface area contributed by atoms with Gasteiger partial charge in [0.2, 0.25) is 5.71 Å². The molecule has 1 radical (unpaired) electrons. The van der Waals surface area contributed by atoms with Crippen molar-refractivity contribution in [3.8, 4) is 28.3 Å². The summed E-state index contributed by atoms with van der Waals surface area (Å²) in [5, 5.41) is 6.89. The van der Waals surface area contributed by atoms with E-state index < -0.39 is 13.3 Å². The average molecular weight is 1140 g/mol. The number of aryl methyl sites for hydroxylation is 2. The summed E-state index contributed by atoms with van der Waals surface area (Å²) in [5.41, 5.74) is 13.1. The molecule has 0 N–H and O–H groups in total. The predicted octanol–water partition coefficient (Wildman–Crippen LogP) is 15.7. The first-order valence-corrected chi connectivity index (χ1v) is 31.3. The zero-order valence-electron chi connectivity index (χ0n) is 41.9. The molecule has 1 atom stereocenters. The van der Waals surface area contributed by atoms with Crippen molar-refractivity contribution >= 4 is 72.3 Å². The Labute approximate surface area is 418 Å². The third-order valence-electron chi connectivity index (χ3n) is 13.4. The van der Waals surface area contributed by atoms with Gasteiger partial charge in [-0.05, 0) is 65.1 Å². The molecule has 0 amide bonds. The van der Waals surface area contributed by atoms with E-state index in [0.29, 0.717) is 11.6 Å². The molecule has 0 saturated heterocycles. The molecule has 0 saturated carbocycles. The van der Waals surface area contributed by atoms with Gasteiger partial charge in [-0.2, -0.15) is 0 Å². The summed E-state index contributed by atoms with van der Waals surface area (Å²) in [6, 6.07) is 45.1. The smallest absolute Gasteiger partial charge is 0.216 e. The van der Waals surface area contributed by atoms with E-state index in [2.05, 4.69) is 187 Å². The number of fused-ring (bicyclic) bond motifs is 7. The summed E-state index contributed by atoms with van der Waals surface area (Å²) in [7, 11) is 0. The van der Waals surface area contributed by atoms with Gasteiger partial charge in [-0.25, -0.2) is 4.98 Å². The quantitative estimate of drug-likeness (QED) is 0.0861. The van der Waals surface area contributed by atoms with Crippen LogP contribution in [-0.4, -0.2) is 37.8 Å². The molecule has 0 aliphatic carbocycles. The summed E-state index contributed by atoms with van der Waals surface area (Å²) in [6.07, 6.45) is 3.27. The second-order valence-electron chi connectivity index (χ2n) is 21.2. The Hall–Kier alpha value is -5.47. The fourth-order valence-corrected chi connectivity index (χ4v) is 13.1. The van der Waals surface area contributed by atoms with Crippen molar-refractivity contribution in [1.82, 2.24) is 24.5 Å². The van der Waals surface area contributed by atoms with Crippen molar-refractivity contribution in [3.63, 3.8) is 0 Å². The fraction of sp³-hybridized carbons (Fsp3) is 0.300. The van der Waals surface area contributed by atoms with Gasteiger partial charge in [0.25, 0.3) is 0 Å². The second kappa shape index (κ2) is 19.1. The van der Waals surface area contributed by atoms with Crippen molar-refractivity contribution in [3.05, 3.63) is 156 Å². The molecule has 8 heteroatoms. The van der Waals surface area contributed by atoms with Crippen molar-refractivity contribution in [2.75, 3.05) is 0 Å². The minimum absolute atomic E-state index is 0. The molecule has 0 aliphatic heterocycles. The monoisotopic (exact) mass is 1140 g/mol. The largest absolute Gasteiger partial charge is 0.486 e. The van der Waals surface area contributed by atoms with Crippen LogP contribution in [0.25, 0.3) is 83.0 Å². The van der Waals surface area contributed by atoms with Gasteiger partial charge in [-0.15, -0.1) is 18.2 Å². The Morgan fingerprint density at radius 3 is 2.03 bits per heavy atom. The standard InChI is InChI=1S/C42H39N4O.C18H24GeN.Ir/c1-23(2)36-29-16-11-9-14-27(29)28-15-10-12-17-30(28)38(36)46-37-26(5)43-24(3)22-35(37)44-40(46)33-19-13-18-31-32-20-21-34(25(4)42(6,7)8)45-41(32)47-39(31)33;1-14(2)11-16-12-18(15-9-7-6-8-10-15)20-13-17(16)19(3,4)5;/h9-18,20-23,25H,1-8H3;6-9,12-14H,11H2,1-5H3;/q2*-1;. The van der Waals surface area contributed by atoms with Crippen LogP contribution in [0.2, 0.25) is 17.3 Å². The molecule has 1 unspecified atom stereocenters. The minimum atomic E-state index is -1.86. The molecular weight excluding hydrogens is 1070 g/mol. The topological polar surface area (TPSA) is 69.6 Å². The number of nitrogens with zero attached hydrogens (tertiary/aromatic N) is 5. The number of pyridine rings is 3. The summed E-state index contributed by atoms with van der Waals surface area (Å²) in [4.78, 5) is 20.1. The van der Waals surface area contributed by atoms with Gasteiger partial charge >= 0.3 is 126 Å². The van der Waals surface area contributed by atoms with E-state index >= 15 is 0 Å². The van der Waals surface area contributed by atoms with E-state index in [1.54, 1.807) is 4.40 Å². The number of aromatic nitrogens is 5. The summed E-state index contributed by atoms with van der Waals surface area (Å²) >= 11 is -1.86. The van der Waals surface area contributed by atoms with Crippen molar-refractivity contribution < 1.29 is 24.5 Å². The zero-order valence-corrected chi connectivity index (χ0v) is 46.4. The van der Waals surface area contributed by atoms with Crippen LogP contribution in [0.1, 0.15) is 95.4 Å². The normalized spacial score (nSPS) is 12.6. The maximum Gasteiger partial charge on any atom is 0.216 e. The number of benzene rings is 5. The third-order valence-corrected chi connectivity index (χ3v) is 17.7. The van der Waals surface area contributed by atoms with Gasteiger partial charge in [-0.3, -0.25) is 9.97 Å². The average Bonchev–Trinajstić information content (AvgIpc) is 3.86. The van der Waals surface area contributed by atoms with Crippen LogP contribution in [-0.2, 0) is 26.5 Å². The molecule has 5 heterocycles. The molecular formula is C60H63GeIrN5O-2. The Balaban J connectivity index is 0.000000251. The fourth-order valence-electron chi connectivity index (χ4n) is 9.76. The maximum atomic E-state index is 6.71. The summed E-state index contributed by atoms with van der Waals surface area (Å²) in [5.74, 6) is 9.28. The number of hydrogen-bond donors (Lipinski definition) is 0. The third kappa shape index (κ3) is 9.22. The maximum absolute atomic E-state index is 6.71. The van der Waals surface area contributed by atoms with Crippen LogP contribution in [0.3, 0.4) is 0 Å². The van der Waals surface area contributed by atoms with Crippen LogP contribution in [0.4, 0.5) is 0 Å². The van der Waals surface area contributed by atoms with Gasteiger partial charge in [0, 0.05) is 48.2 Å². The van der Waals surface area contributed by atoms with Crippen LogP contribution in [0, 0.1) is 37.3 Å². The number of imidazole rings is 1. The van der Waals surface area contributed by atoms with Crippen molar-refractivity contribution in [2.45, 2.75) is 105 Å². The summed E-state index contributed by atoms with van der Waals surface area (Å²) < 4.78 is 10.6. The van der Waals surface area contributed by atoms with E-state index in [9.17, 15) is 0 Å². The molecule has 68 heavy (non-hydrogen) atoms. The summed E-state index contributed by atoms with van der Waals surface area (Å²) in [6.45, 7) is 22.2. The van der Waals surface area contributed by atoms with Gasteiger partial charge in [0.1, 0.15) is 0 Å². The Bertz CT molecular complexity index is 3460. The molecule has 10 rings (SSSR count). The number of rotatable bonds is 8. The minimum Gasteiger partial charge on any atom is -0.486 e. The van der Waals surface area contributed by atoms with Gasteiger partial charge in [0.05, 0.1) is 33.8 Å². The van der Waals surface area contributed by atoms with E-state index in [0.717, 1.165) is 79.2 Å². The van der Waals surface area contributed by atoms with Crippen LogP contribution < -0.4 is 4.40 Å². The van der Waals surface area contributed by atoms with Crippen molar-refractivity contribution in [1.29, 1.82) is 0 Å². The van der Waals surface area contributed by atoms with Gasteiger partial charge < -0.3 is 8.98 Å². The van der Waals surface area contributed by atoms with Crippen LogP contribution in [0.15, 0.2) is 120 Å². The number of hydrogen-bond acceptors (Lipinski definition) is 5. The van der Waals surface area contributed by atoms with Gasteiger partial charge in [0.15, 0.2) is 0 Å². The number of furan rings is 1. The van der Waals surface area contributed by atoms with E-state index in [1.165, 1.54) is 32.7 Å². The molecule has 5 aromatic carbocycles. The Kier molecular flexibility index (Phi) is 13.8. The molecule has 10 aromatic rings. The first-order chi connectivity index (χ1) is 31.9. The molecule has 6 nitrogen and oxygen atoms in total. The van der Waals surface area contributed by atoms with E-state index in [4.69, 9.17) is 24.4 Å². The molecule has 0 spiro atoms. The molecule has 0 bridgehead atoms. The van der Waals surface area contributed by atoms with Crippen LogP contribution in [0.5, 0.6) is 0 Å². The van der Waals surface area contributed by atoms with Gasteiger partial charge in [-0.1, -0.05) is 101 Å². The Morgan fingerprint density at radius 2 is 1.38 bits per heavy atom. The predicted molar refractivity (Wildman–Crippen MR) is 285 cm³/mol. The van der Waals surface area contributed by atoms with E-state index in [-0.39, 0.29) is 37.4 Å². The Morgan fingerprint density at radius 1 is 0.706 bits per heavy atom. The van der Waals surface area contributed by atoms with Crippen molar-refractivity contribution in [2.24, 2.45) is 11.3 Å². The first-order valence-electron chi connectivity index (χ1n) is 23.9. The van der Waals surface area contributed by atoms with Crippen LogP contribution >= 0.6 is 0 Å². The zero-order chi connectivity index (χ0) is 47.5. The first kappa shape index (κ1) is 49.0. The van der Waals surface area contributed by atoms with E-state index in [1.807, 2.05) is 31.2 Å². The molecule has 5 aromatic heterocycles. The molecule has 349 valence electrons. The molecule has 0 fully saturated rings. The molecule has 0 aliphatic rings.